The lowest BCUT2D eigenvalue weighted by atomic mass is 10.00. The molecule has 5 atom stereocenters. The molecule has 0 bridgehead atoms. The molecule has 9 nitrogen and oxygen atoms in total. The smallest absolute Gasteiger partial charge is 0.243 e. The average Bonchev–Trinajstić information content (AvgIpc) is 2.81. The zero-order valence-electron chi connectivity index (χ0n) is 19.9. The van der Waals surface area contributed by atoms with Crippen LogP contribution in [0.25, 0.3) is 0 Å². The lowest BCUT2D eigenvalue weighted by Crippen LogP contribution is -2.56. The van der Waals surface area contributed by atoms with Crippen molar-refractivity contribution in [3.63, 3.8) is 0 Å². The predicted octanol–water partition coefficient (Wildman–Crippen LogP) is 0.405. The minimum atomic E-state index is -0.910. The molecule has 0 aliphatic carbocycles. The van der Waals surface area contributed by atoms with Gasteiger partial charge >= 0.3 is 0 Å². The van der Waals surface area contributed by atoms with Crippen molar-refractivity contribution in [1.82, 2.24) is 16.0 Å². The van der Waals surface area contributed by atoms with E-state index in [1.807, 2.05) is 44.2 Å². The summed E-state index contributed by atoms with van der Waals surface area (Å²) in [6, 6.07) is 6.06. The van der Waals surface area contributed by atoms with Gasteiger partial charge in [-0.3, -0.25) is 14.4 Å². The maximum absolute atomic E-state index is 13.0. The summed E-state index contributed by atoms with van der Waals surface area (Å²) in [5.74, 6) is -1.43. The zero-order valence-corrected chi connectivity index (χ0v) is 19.9. The van der Waals surface area contributed by atoms with Crippen LogP contribution in [0.4, 0.5) is 0 Å². The third kappa shape index (κ3) is 10.1. The largest absolute Gasteiger partial charge is 0.345 e. The lowest BCUT2D eigenvalue weighted by molar-refractivity contribution is -0.132. The Bertz CT molecular complexity index is 758. The van der Waals surface area contributed by atoms with E-state index >= 15 is 0 Å². The van der Waals surface area contributed by atoms with Crippen molar-refractivity contribution < 1.29 is 19.2 Å². The number of hydrogen-bond acceptors (Lipinski definition) is 6. The molecule has 0 heterocycles. The third-order valence-electron chi connectivity index (χ3n) is 5.69. The van der Waals surface area contributed by atoms with Gasteiger partial charge in [-0.25, -0.2) is 0 Å². The van der Waals surface area contributed by atoms with Gasteiger partial charge in [0.25, 0.3) is 0 Å². The summed E-state index contributed by atoms with van der Waals surface area (Å²) in [6.45, 7) is 5.85. The van der Waals surface area contributed by atoms with Crippen LogP contribution in [-0.4, -0.2) is 54.7 Å². The minimum Gasteiger partial charge on any atom is -0.345 e. The summed E-state index contributed by atoms with van der Waals surface area (Å²) in [4.78, 5) is 49.4. The Labute approximate surface area is 196 Å². The molecule has 0 saturated carbocycles. The normalized spacial score (nSPS) is 15.4. The number of carbonyl (C=O) groups is 4. The summed E-state index contributed by atoms with van der Waals surface area (Å²) >= 11 is 0. The van der Waals surface area contributed by atoms with E-state index < -0.39 is 41.9 Å². The third-order valence-corrected chi connectivity index (χ3v) is 5.69. The van der Waals surface area contributed by atoms with Crippen LogP contribution in [0.5, 0.6) is 0 Å². The highest BCUT2D eigenvalue weighted by atomic mass is 16.2. The Morgan fingerprint density at radius 2 is 1.64 bits per heavy atom. The Morgan fingerprint density at radius 1 is 0.970 bits per heavy atom. The second kappa shape index (κ2) is 15.1. The molecule has 0 aromatic heterocycles. The van der Waals surface area contributed by atoms with Crippen LogP contribution in [-0.2, 0) is 25.6 Å². The number of hydrogen-bond donors (Lipinski definition) is 5. The number of rotatable bonds is 15. The zero-order chi connectivity index (χ0) is 24.8. The van der Waals surface area contributed by atoms with Gasteiger partial charge in [-0.05, 0) is 37.8 Å². The molecule has 1 aromatic carbocycles. The maximum atomic E-state index is 13.0. The van der Waals surface area contributed by atoms with Crippen molar-refractivity contribution in [3.05, 3.63) is 35.9 Å². The van der Waals surface area contributed by atoms with Crippen LogP contribution in [0, 0.1) is 5.92 Å². The molecule has 1 aromatic rings. The average molecular weight is 462 g/mol. The number of nitrogens with two attached hydrogens (primary N) is 2. The highest BCUT2D eigenvalue weighted by Gasteiger charge is 2.28. The molecule has 0 aliphatic heterocycles. The molecule has 0 fully saturated rings. The Hall–Kier alpha value is -2.78. The second-order valence-electron chi connectivity index (χ2n) is 8.43. The first-order chi connectivity index (χ1) is 15.7. The lowest BCUT2D eigenvalue weighted by Gasteiger charge is -2.24. The van der Waals surface area contributed by atoms with Gasteiger partial charge in [0.1, 0.15) is 18.4 Å². The molecule has 9 heteroatoms. The Balaban J connectivity index is 2.84. The fourth-order valence-corrected chi connectivity index (χ4v) is 3.21. The number of aldehydes is 1. The van der Waals surface area contributed by atoms with Gasteiger partial charge in [-0.2, -0.15) is 0 Å². The van der Waals surface area contributed by atoms with Gasteiger partial charge in [-0.1, -0.05) is 57.0 Å². The van der Waals surface area contributed by atoms with E-state index in [2.05, 4.69) is 16.0 Å². The van der Waals surface area contributed by atoms with Crippen molar-refractivity contribution in [2.45, 2.75) is 77.0 Å². The topological polar surface area (TPSA) is 156 Å². The highest BCUT2D eigenvalue weighted by molar-refractivity contribution is 5.93. The molecule has 0 unspecified atom stereocenters. The van der Waals surface area contributed by atoms with Gasteiger partial charge in [0.15, 0.2) is 0 Å². The molecule has 0 radical (unpaired) electrons. The number of amides is 3. The van der Waals surface area contributed by atoms with Crippen LogP contribution in [0.1, 0.15) is 52.0 Å². The Morgan fingerprint density at radius 3 is 2.21 bits per heavy atom. The number of benzene rings is 1. The van der Waals surface area contributed by atoms with E-state index in [1.165, 1.54) is 6.92 Å². The molecule has 0 aliphatic rings. The molecular weight excluding hydrogens is 422 g/mol. The quantitative estimate of drug-likeness (QED) is 0.188. The fourth-order valence-electron chi connectivity index (χ4n) is 3.21. The van der Waals surface area contributed by atoms with Gasteiger partial charge < -0.3 is 32.2 Å². The van der Waals surface area contributed by atoms with Crippen molar-refractivity contribution in [3.8, 4) is 0 Å². The molecule has 184 valence electrons. The monoisotopic (exact) mass is 461 g/mol. The molecule has 0 spiro atoms. The Kier molecular flexibility index (Phi) is 13.0. The van der Waals surface area contributed by atoms with Crippen LogP contribution in [0.15, 0.2) is 30.3 Å². The first-order valence-electron chi connectivity index (χ1n) is 11.6. The van der Waals surface area contributed by atoms with Gasteiger partial charge in [-0.15, -0.1) is 0 Å². The van der Waals surface area contributed by atoms with E-state index in [-0.39, 0.29) is 12.3 Å². The summed E-state index contributed by atoms with van der Waals surface area (Å²) in [7, 11) is 0. The van der Waals surface area contributed by atoms with E-state index in [9.17, 15) is 19.2 Å². The van der Waals surface area contributed by atoms with Gasteiger partial charge in [0.05, 0.1) is 12.1 Å². The summed E-state index contributed by atoms with van der Waals surface area (Å²) in [5, 5.41) is 8.02. The summed E-state index contributed by atoms with van der Waals surface area (Å²) in [5.41, 5.74) is 12.3. The van der Waals surface area contributed by atoms with Crippen LogP contribution in [0.3, 0.4) is 0 Å². The molecule has 0 saturated heterocycles. The fraction of sp³-hybridized carbons (Fsp3) is 0.583. The van der Waals surface area contributed by atoms with Crippen LogP contribution in [0.2, 0.25) is 0 Å². The van der Waals surface area contributed by atoms with Crippen molar-refractivity contribution >= 4 is 24.0 Å². The number of unbranched alkanes of at least 4 members (excludes halogenated alkanes) is 1. The van der Waals surface area contributed by atoms with Crippen molar-refractivity contribution in [2.75, 3.05) is 6.54 Å². The molecule has 33 heavy (non-hydrogen) atoms. The van der Waals surface area contributed by atoms with E-state index in [1.54, 1.807) is 0 Å². The molecular formula is C24H39N5O4. The van der Waals surface area contributed by atoms with Crippen molar-refractivity contribution in [1.29, 1.82) is 0 Å². The van der Waals surface area contributed by atoms with Gasteiger partial charge in [0.2, 0.25) is 17.7 Å². The molecule has 3 amide bonds. The second-order valence-corrected chi connectivity index (χ2v) is 8.43. The van der Waals surface area contributed by atoms with Crippen LogP contribution < -0.4 is 27.4 Å². The summed E-state index contributed by atoms with van der Waals surface area (Å²) in [6.07, 6.45) is 3.61. The SMILES string of the molecule is CC[C@H](C)[C@@H](C=O)NC(=O)[C@H](C)NC(=O)[C@H](Cc1ccccc1)NC(=O)[C@@H](N)CCCCN. The van der Waals surface area contributed by atoms with Crippen molar-refractivity contribution in [2.24, 2.45) is 17.4 Å². The highest BCUT2D eigenvalue weighted by Crippen LogP contribution is 2.07. The first kappa shape index (κ1) is 28.3. The van der Waals surface area contributed by atoms with Gasteiger partial charge in [0, 0.05) is 6.42 Å². The molecule has 1 rings (SSSR count). The summed E-state index contributed by atoms with van der Waals surface area (Å²) < 4.78 is 0. The van der Waals surface area contributed by atoms with Crippen LogP contribution >= 0.6 is 0 Å². The number of nitrogens with one attached hydrogen (secondary N) is 3. The standard InChI is InChI=1S/C24H39N5O4/c1-4-16(2)21(15-30)29-22(31)17(3)27-24(33)20(14-18-10-6-5-7-11-18)28-23(32)19(26)12-8-9-13-25/h5-7,10-11,15-17,19-21H,4,8-9,12-14,25-26H2,1-3H3,(H,27,33)(H,28,32)(H,29,31)/t16-,17-,19-,20-,21+/m0/s1. The maximum Gasteiger partial charge on any atom is 0.243 e. The molecule has 7 N–H and O–H groups in total. The number of carbonyl (C=O) groups excluding carboxylic acids is 4. The van der Waals surface area contributed by atoms with E-state index in [4.69, 9.17) is 11.5 Å². The minimum absolute atomic E-state index is 0.0276. The first-order valence-corrected chi connectivity index (χ1v) is 11.6. The van der Waals surface area contributed by atoms with E-state index in [0.717, 1.165) is 18.4 Å². The van der Waals surface area contributed by atoms with E-state index in [0.29, 0.717) is 25.7 Å². The predicted molar refractivity (Wildman–Crippen MR) is 128 cm³/mol.